The van der Waals surface area contributed by atoms with Crippen molar-refractivity contribution in [3.8, 4) is 22.4 Å². The van der Waals surface area contributed by atoms with Crippen molar-refractivity contribution in [1.29, 1.82) is 0 Å². The summed E-state index contributed by atoms with van der Waals surface area (Å²) < 4.78 is 6.81. The SMILES string of the molecule is CC(OC(=O)c1c(-c2ccc(Cl)cc2)c2ccccc2c(=O)n1C)C(=O)Nc1nc(-c2ccc(Cl)c(Cl)c2)cs1. The summed E-state index contributed by atoms with van der Waals surface area (Å²) in [5.41, 5.74) is 2.15. The maximum absolute atomic E-state index is 13.5. The Morgan fingerprint density at radius 3 is 2.33 bits per heavy atom. The molecule has 0 bridgehead atoms. The lowest BCUT2D eigenvalue weighted by atomic mass is 9.96. The third kappa shape index (κ3) is 5.48. The summed E-state index contributed by atoms with van der Waals surface area (Å²) in [5.74, 6) is -1.41. The van der Waals surface area contributed by atoms with Crippen LogP contribution in [0.1, 0.15) is 17.4 Å². The van der Waals surface area contributed by atoms with Crippen molar-refractivity contribution in [3.05, 3.63) is 103 Å². The van der Waals surface area contributed by atoms with E-state index in [0.717, 1.165) is 5.56 Å². The minimum atomic E-state index is -1.19. The van der Waals surface area contributed by atoms with Crippen LogP contribution in [-0.2, 0) is 16.6 Å². The first-order valence-corrected chi connectivity index (χ1v) is 14.0. The van der Waals surface area contributed by atoms with E-state index in [0.29, 0.717) is 47.8 Å². The molecule has 0 aliphatic carbocycles. The summed E-state index contributed by atoms with van der Waals surface area (Å²) in [6.07, 6.45) is -1.19. The molecule has 2 aromatic heterocycles. The van der Waals surface area contributed by atoms with Gasteiger partial charge in [0.05, 0.1) is 15.7 Å². The molecule has 1 N–H and O–H groups in total. The van der Waals surface area contributed by atoms with Crippen LogP contribution in [0.3, 0.4) is 0 Å². The van der Waals surface area contributed by atoms with Gasteiger partial charge in [-0.3, -0.25) is 14.9 Å². The Balaban J connectivity index is 1.42. The number of halogens is 3. The number of benzene rings is 3. The van der Waals surface area contributed by atoms with Gasteiger partial charge in [-0.25, -0.2) is 9.78 Å². The zero-order chi connectivity index (χ0) is 28.6. The van der Waals surface area contributed by atoms with Crippen molar-refractivity contribution in [1.82, 2.24) is 9.55 Å². The average molecular weight is 613 g/mol. The van der Waals surface area contributed by atoms with Gasteiger partial charge in [-0.2, -0.15) is 0 Å². The van der Waals surface area contributed by atoms with E-state index in [4.69, 9.17) is 39.5 Å². The highest BCUT2D eigenvalue weighted by Crippen LogP contribution is 2.33. The zero-order valence-corrected chi connectivity index (χ0v) is 24.2. The van der Waals surface area contributed by atoms with Gasteiger partial charge >= 0.3 is 5.97 Å². The van der Waals surface area contributed by atoms with E-state index in [1.165, 1.54) is 29.9 Å². The zero-order valence-electron chi connectivity index (χ0n) is 21.1. The number of fused-ring (bicyclic) bond motifs is 1. The number of anilines is 1. The van der Waals surface area contributed by atoms with E-state index in [2.05, 4.69) is 10.3 Å². The van der Waals surface area contributed by atoms with Gasteiger partial charge in [0.1, 0.15) is 5.69 Å². The molecule has 0 saturated heterocycles. The largest absolute Gasteiger partial charge is 0.448 e. The molecule has 40 heavy (non-hydrogen) atoms. The Morgan fingerprint density at radius 2 is 1.62 bits per heavy atom. The number of nitrogens with zero attached hydrogens (tertiary/aromatic N) is 2. The number of hydrogen-bond donors (Lipinski definition) is 1. The molecule has 0 aliphatic rings. The molecule has 11 heteroatoms. The van der Waals surface area contributed by atoms with Crippen LogP contribution in [0.25, 0.3) is 33.2 Å². The third-order valence-electron chi connectivity index (χ3n) is 6.23. The third-order valence-corrected chi connectivity index (χ3v) is 7.98. The first kappa shape index (κ1) is 27.9. The fourth-order valence-corrected chi connectivity index (χ4v) is 5.36. The van der Waals surface area contributed by atoms with Crippen molar-refractivity contribution in [2.24, 2.45) is 7.05 Å². The van der Waals surface area contributed by atoms with E-state index in [1.54, 1.807) is 72.1 Å². The monoisotopic (exact) mass is 611 g/mol. The van der Waals surface area contributed by atoms with Gasteiger partial charge in [0.2, 0.25) is 0 Å². The molecule has 0 aliphatic heterocycles. The van der Waals surface area contributed by atoms with E-state index < -0.39 is 18.0 Å². The number of hydrogen-bond acceptors (Lipinski definition) is 6. The van der Waals surface area contributed by atoms with Crippen LogP contribution >= 0.6 is 46.1 Å². The van der Waals surface area contributed by atoms with Crippen molar-refractivity contribution >= 4 is 73.9 Å². The lowest BCUT2D eigenvalue weighted by molar-refractivity contribution is -0.123. The standard InChI is InChI=1S/C29H20Cl3N3O4S/c1-15(26(36)34-29-33-23(14-40-29)17-9-12-21(31)22(32)13-17)39-28(38)25-24(16-7-10-18(30)11-8-16)19-5-3-4-6-20(19)27(37)35(25)2/h3-15H,1-2H3,(H,33,34,36). The summed E-state index contributed by atoms with van der Waals surface area (Å²) in [6.45, 7) is 1.45. The molecule has 0 radical (unpaired) electrons. The number of carbonyl (C=O) groups is 2. The van der Waals surface area contributed by atoms with E-state index in [-0.39, 0.29) is 11.3 Å². The van der Waals surface area contributed by atoms with E-state index >= 15 is 0 Å². The van der Waals surface area contributed by atoms with E-state index in [1.807, 2.05) is 0 Å². The molecule has 0 spiro atoms. The van der Waals surface area contributed by atoms with Gasteiger partial charge in [-0.15, -0.1) is 11.3 Å². The van der Waals surface area contributed by atoms with E-state index in [9.17, 15) is 14.4 Å². The van der Waals surface area contributed by atoms with Crippen LogP contribution in [0, 0.1) is 0 Å². The van der Waals surface area contributed by atoms with Crippen LogP contribution in [0.15, 0.2) is 76.9 Å². The first-order chi connectivity index (χ1) is 19.1. The van der Waals surface area contributed by atoms with Crippen LogP contribution in [0.4, 0.5) is 5.13 Å². The molecule has 3 aromatic carbocycles. The molecule has 202 valence electrons. The van der Waals surface area contributed by atoms with Gasteiger partial charge < -0.3 is 9.30 Å². The van der Waals surface area contributed by atoms with Crippen LogP contribution in [0.5, 0.6) is 0 Å². The minimum Gasteiger partial charge on any atom is -0.448 e. The molecular formula is C29H20Cl3N3O4S. The highest BCUT2D eigenvalue weighted by atomic mass is 35.5. The van der Waals surface area contributed by atoms with Crippen LogP contribution in [-0.4, -0.2) is 27.5 Å². The van der Waals surface area contributed by atoms with Gasteiger partial charge in [0, 0.05) is 34.0 Å². The molecule has 5 aromatic rings. The summed E-state index contributed by atoms with van der Waals surface area (Å²) in [5, 5.41) is 7.10. The summed E-state index contributed by atoms with van der Waals surface area (Å²) in [4.78, 5) is 44.0. The number of rotatable bonds is 6. The van der Waals surface area contributed by atoms with Crippen LogP contribution in [0.2, 0.25) is 15.1 Å². The molecule has 1 amide bonds. The van der Waals surface area contributed by atoms with Crippen molar-refractivity contribution in [3.63, 3.8) is 0 Å². The van der Waals surface area contributed by atoms with Gasteiger partial charge in [-0.05, 0) is 48.2 Å². The number of thiazole rings is 1. The number of amides is 1. The Hall–Kier alpha value is -3.69. The van der Waals surface area contributed by atoms with Crippen molar-refractivity contribution in [2.45, 2.75) is 13.0 Å². The topological polar surface area (TPSA) is 90.3 Å². The predicted octanol–water partition coefficient (Wildman–Crippen LogP) is 7.47. The summed E-state index contributed by atoms with van der Waals surface area (Å²) in [6, 6.07) is 19.0. The fourth-order valence-electron chi connectivity index (χ4n) is 4.21. The molecule has 5 rings (SSSR count). The average Bonchev–Trinajstić information content (AvgIpc) is 3.41. The fraction of sp³-hybridized carbons (Fsp3) is 0.103. The number of carbonyl (C=O) groups excluding carboxylic acids is 2. The second-order valence-electron chi connectivity index (χ2n) is 8.84. The quantitative estimate of drug-likeness (QED) is 0.201. The van der Waals surface area contributed by atoms with Gasteiger partial charge in [-0.1, -0.05) is 71.2 Å². The molecule has 2 heterocycles. The number of nitrogens with one attached hydrogen (secondary N) is 1. The Labute approximate surface area is 247 Å². The normalized spacial score (nSPS) is 11.8. The number of ether oxygens (including phenoxy) is 1. The lowest BCUT2D eigenvalue weighted by Crippen LogP contribution is -2.32. The second-order valence-corrected chi connectivity index (χ2v) is 11.0. The van der Waals surface area contributed by atoms with Gasteiger partial charge in [0.25, 0.3) is 11.5 Å². The second kappa shape index (κ2) is 11.4. The number of pyridine rings is 1. The van der Waals surface area contributed by atoms with Crippen molar-refractivity contribution in [2.75, 3.05) is 5.32 Å². The summed E-state index contributed by atoms with van der Waals surface area (Å²) >= 11 is 19.4. The first-order valence-electron chi connectivity index (χ1n) is 11.9. The number of esters is 1. The Kier molecular flexibility index (Phi) is 7.96. The molecule has 1 atom stereocenters. The van der Waals surface area contributed by atoms with Crippen LogP contribution < -0.4 is 10.9 Å². The molecular weight excluding hydrogens is 593 g/mol. The Bertz CT molecular complexity index is 1830. The van der Waals surface area contributed by atoms with Gasteiger partial charge in [0.15, 0.2) is 11.2 Å². The highest BCUT2D eigenvalue weighted by Gasteiger charge is 2.27. The maximum Gasteiger partial charge on any atom is 0.356 e. The number of aromatic nitrogens is 2. The highest BCUT2D eigenvalue weighted by molar-refractivity contribution is 7.14. The maximum atomic E-state index is 13.5. The molecule has 7 nitrogen and oxygen atoms in total. The predicted molar refractivity (Wildman–Crippen MR) is 161 cm³/mol. The van der Waals surface area contributed by atoms with Crippen molar-refractivity contribution < 1.29 is 14.3 Å². The molecule has 0 saturated carbocycles. The lowest BCUT2D eigenvalue weighted by Gasteiger charge is -2.18. The summed E-state index contributed by atoms with van der Waals surface area (Å²) in [7, 11) is 1.50. The minimum absolute atomic E-state index is 0.0156. The molecule has 0 fully saturated rings. The Morgan fingerprint density at radius 1 is 0.950 bits per heavy atom. The smallest absolute Gasteiger partial charge is 0.356 e. The molecule has 1 unspecified atom stereocenters.